The van der Waals surface area contributed by atoms with Gasteiger partial charge in [-0.3, -0.25) is 0 Å². The lowest BCUT2D eigenvalue weighted by Gasteiger charge is -2.29. The maximum absolute atomic E-state index is 6.03. The molecule has 14 heavy (non-hydrogen) atoms. The highest BCUT2D eigenvalue weighted by Gasteiger charge is 2.29. The van der Waals surface area contributed by atoms with Gasteiger partial charge in [-0.1, -0.05) is 25.4 Å². The quantitative estimate of drug-likeness (QED) is 0.801. The molecule has 1 aliphatic carbocycles. The molecule has 0 aromatic carbocycles. The van der Waals surface area contributed by atoms with E-state index in [4.69, 9.17) is 10.3 Å². The minimum atomic E-state index is -0.0278. The summed E-state index contributed by atoms with van der Waals surface area (Å²) in [6, 6.07) is -0.0278. The van der Waals surface area contributed by atoms with Crippen molar-refractivity contribution in [3.63, 3.8) is 0 Å². The lowest BCUT2D eigenvalue weighted by molar-refractivity contribution is 0.252. The highest BCUT2D eigenvalue weighted by molar-refractivity contribution is 4.99. The van der Waals surface area contributed by atoms with Crippen molar-refractivity contribution in [3.05, 3.63) is 11.7 Å². The van der Waals surface area contributed by atoms with E-state index in [0.29, 0.717) is 17.6 Å². The van der Waals surface area contributed by atoms with Crippen LogP contribution in [0.5, 0.6) is 0 Å². The van der Waals surface area contributed by atoms with Crippen LogP contribution in [0.3, 0.4) is 0 Å². The van der Waals surface area contributed by atoms with Gasteiger partial charge in [-0.05, 0) is 18.8 Å². The largest absolute Gasteiger partial charge is 0.339 e. The van der Waals surface area contributed by atoms with Crippen LogP contribution in [0, 0.1) is 5.92 Å². The average Bonchev–Trinajstić information content (AvgIpc) is 2.48. The molecule has 0 bridgehead atoms. The first-order valence-electron chi connectivity index (χ1n) is 5.27. The molecule has 1 aliphatic rings. The normalized spacial score (nSPS) is 19.7. The van der Waals surface area contributed by atoms with E-state index in [1.807, 2.05) is 13.8 Å². The molecule has 0 aliphatic heterocycles. The smallest absolute Gasteiger partial charge is 0.229 e. The molecule has 0 spiro atoms. The van der Waals surface area contributed by atoms with Crippen LogP contribution >= 0.6 is 0 Å². The van der Waals surface area contributed by atoms with Gasteiger partial charge in [0.15, 0.2) is 5.82 Å². The topological polar surface area (TPSA) is 64.9 Å². The maximum atomic E-state index is 6.03. The lowest BCUT2D eigenvalue weighted by Crippen LogP contribution is -2.27. The van der Waals surface area contributed by atoms with Gasteiger partial charge in [-0.25, -0.2) is 0 Å². The number of hydrogen-bond acceptors (Lipinski definition) is 4. The predicted octanol–water partition coefficient (Wildman–Crippen LogP) is 1.99. The van der Waals surface area contributed by atoms with Crippen LogP contribution in [0.25, 0.3) is 0 Å². The molecule has 1 aromatic rings. The molecule has 1 saturated carbocycles. The zero-order valence-electron chi connectivity index (χ0n) is 8.73. The van der Waals surface area contributed by atoms with E-state index in [-0.39, 0.29) is 12.0 Å². The third-order valence-electron chi connectivity index (χ3n) is 2.91. The van der Waals surface area contributed by atoms with Gasteiger partial charge in [-0.15, -0.1) is 0 Å². The Kier molecular flexibility index (Phi) is 2.54. The molecule has 1 unspecified atom stereocenters. The Balaban J connectivity index is 2.07. The molecule has 1 heterocycles. The second-order valence-corrected chi connectivity index (χ2v) is 4.36. The molecular formula is C10H17N3O. The second-order valence-electron chi connectivity index (χ2n) is 4.36. The van der Waals surface area contributed by atoms with E-state index < -0.39 is 0 Å². The zero-order valence-corrected chi connectivity index (χ0v) is 8.73. The monoisotopic (exact) mass is 195 g/mol. The second kappa shape index (κ2) is 3.69. The molecular weight excluding hydrogens is 178 g/mol. The van der Waals surface area contributed by atoms with Gasteiger partial charge in [-0.2, -0.15) is 4.98 Å². The molecule has 78 valence electrons. The van der Waals surface area contributed by atoms with Crippen molar-refractivity contribution in [2.45, 2.75) is 45.1 Å². The minimum absolute atomic E-state index is 0.0278. The van der Waals surface area contributed by atoms with Gasteiger partial charge in [0.2, 0.25) is 5.89 Å². The minimum Gasteiger partial charge on any atom is -0.339 e. The summed E-state index contributed by atoms with van der Waals surface area (Å²) in [6.45, 7) is 4.07. The Morgan fingerprint density at radius 2 is 2.14 bits per heavy atom. The average molecular weight is 195 g/mol. The molecule has 0 saturated heterocycles. The Hall–Kier alpha value is -0.900. The van der Waals surface area contributed by atoms with E-state index >= 15 is 0 Å². The van der Waals surface area contributed by atoms with Crippen LogP contribution in [-0.4, -0.2) is 10.1 Å². The van der Waals surface area contributed by atoms with E-state index in [0.717, 1.165) is 0 Å². The molecule has 1 atom stereocenters. The van der Waals surface area contributed by atoms with Crippen molar-refractivity contribution in [2.75, 3.05) is 0 Å². The van der Waals surface area contributed by atoms with Crippen molar-refractivity contribution in [2.24, 2.45) is 11.7 Å². The summed E-state index contributed by atoms with van der Waals surface area (Å²) in [4.78, 5) is 4.31. The van der Waals surface area contributed by atoms with Crippen molar-refractivity contribution in [1.29, 1.82) is 0 Å². The van der Waals surface area contributed by atoms with Crippen LogP contribution < -0.4 is 5.73 Å². The molecule has 4 nitrogen and oxygen atoms in total. The van der Waals surface area contributed by atoms with Crippen molar-refractivity contribution < 1.29 is 4.52 Å². The summed E-state index contributed by atoms with van der Waals surface area (Å²) in [5.74, 6) is 2.21. The molecule has 2 N–H and O–H groups in total. The number of hydrogen-bond donors (Lipinski definition) is 1. The zero-order chi connectivity index (χ0) is 10.1. The number of nitrogens with two attached hydrogens (primary N) is 1. The standard InChI is InChI=1S/C10H17N3O/c1-6(2)10-12-9(13-14-10)8(11)7-4-3-5-7/h6-8H,3-5,11H2,1-2H3. The number of aromatic nitrogens is 2. The van der Waals surface area contributed by atoms with E-state index in [2.05, 4.69) is 10.1 Å². The Bertz CT molecular complexity index is 304. The van der Waals surface area contributed by atoms with Crippen LogP contribution in [0.4, 0.5) is 0 Å². The third kappa shape index (κ3) is 1.66. The van der Waals surface area contributed by atoms with Gasteiger partial charge in [0.05, 0.1) is 6.04 Å². The fourth-order valence-corrected chi connectivity index (χ4v) is 1.63. The lowest BCUT2D eigenvalue weighted by atomic mass is 9.80. The number of rotatable bonds is 3. The molecule has 4 heteroatoms. The predicted molar refractivity (Wildman–Crippen MR) is 52.7 cm³/mol. The molecule has 2 rings (SSSR count). The van der Waals surface area contributed by atoms with E-state index in [9.17, 15) is 0 Å². The van der Waals surface area contributed by atoms with E-state index in [1.165, 1.54) is 19.3 Å². The summed E-state index contributed by atoms with van der Waals surface area (Å²) in [5, 5.41) is 3.93. The third-order valence-corrected chi connectivity index (χ3v) is 2.91. The van der Waals surface area contributed by atoms with Crippen molar-refractivity contribution >= 4 is 0 Å². The highest BCUT2D eigenvalue weighted by Crippen LogP contribution is 2.35. The van der Waals surface area contributed by atoms with Crippen LogP contribution in [0.2, 0.25) is 0 Å². The van der Waals surface area contributed by atoms with Gasteiger partial charge in [0, 0.05) is 5.92 Å². The molecule has 0 radical (unpaired) electrons. The van der Waals surface area contributed by atoms with E-state index in [1.54, 1.807) is 0 Å². The fourth-order valence-electron chi connectivity index (χ4n) is 1.63. The Morgan fingerprint density at radius 3 is 2.57 bits per heavy atom. The maximum Gasteiger partial charge on any atom is 0.229 e. The summed E-state index contributed by atoms with van der Waals surface area (Å²) in [7, 11) is 0. The van der Waals surface area contributed by atoms with Crippen LogP contribution in [-0.2, 0) is 0 Å². The molecule has 1 fully saturated rings. The van der Waals surface area contributed by atoms with Crippen LogP contribution in [0.15, 0.2) is 4.52 Å². The summed E-state index contributed by atoms with van der Waals surface area (Å²) >= 11 is 0. The molecule has 1 aromatic heterocycles. The highest BCUT2D eigenvalue weighted by atomic mass is 16.5. The molecule has 0 amide bonds. The van der Waals surface area contributed by atoms with Gasteiger partial charge in [0.25, 0.3) is 0 Å². The summed E-state index contributed by atoms with van der Waals surface area (Å²) < 4.78 is 5.12. The van der Waals surface area contributed by atoms with Gasteiger partial charge >= 0.3 is 0 Å². The van der Waals surface area contributed by atoms with Crippen molar-refractivity contribution in [3.8, 4) is 0 Å². The summed E-state index contributed by atoms with van der Waals surface area (Å²) in [6.07, 6.45) is 3.69. The fraction of sp³-hybridized carbons (Fsp3) is 0.800. The number of nitrogens with zero attached hydrogens (tertiary/aromatic N) is 2. The SMILES string of the molecule is CC(C)c1nc(C(N)C2CCC2)no1. The van der Waals surface area contributed by atoms with Gasteiger partial charge < -0.3 is 10.3 Å². The Morgan fingerprint density at radius 1 is 1.43 bits per heavy atom. The first kappa shape index (κ1) is 9.65. The summed E-state index contributed by atoms with van der Waals surface area (Å²) in [5.41, 5.74) is 6.03. The van der Waals surface area contributed by atoms with Gasteiger partial charge in [0.1, 0.15) is 0 Å². The first-order chi connectivity index (χ1) is 6.68. The van der Waals surface area contributed by atoms with Crippen molar-refractivity contribution in [1.82, 2.24) is 10.1 Å². The first-order valence-corrected chi connectivity index (χ1v) is 5.27. The van der Waals surface area contributed by atoms with Crippen LogP contribution in [0.1, 0.15) is 56.8 Å². The Labute approximate surface area is 83.9 Å².